The number of esters is 1. The molecule has 1 N–H and O–H groups in total. The van der Waals surface area contributed by atoms with Crippen LogP contribution in [0.2, 0.25) is 0 Å². The largest absolute Gasteiger partial charge is 0.465 e. The van der Waals surface area contributed by atoms with Gasteiger partial charge in [-0.3, -0.25) is 4.90 Å². The lowest BCUT2D eigenvalue weighted by molar-refractivity contribution is -0.148. The summed E-state index contributed by atoms with van der Waals surface area (Å²) in [5.41, 5.74) is 0. The highest BCUT2D eigenvalue weighted by molar-refractivity contribution is 5.81. The SMILES string of the molecule is C=CCN(C(=O)O)C(C)OC(=O)C=C. The normalized spacial score (nSPS) is 11.2. The molecule has 0 saturated carbocycles. The number of hydrogen-bond donors (Lipinski definition) is 1. The van der Waals surface area contributed by atoms with E-state index in [1.54, 1.807) is 0 Å². The van der Waals surface area contributed by atoms with Gasteiger partial charge in [0.25, 0.3) is 0 Å². The van der Waals surface area contributed by atoms with E-state index in [1.807, 2.05) is 0 Å². The van der Waals surface area contributed by atoms with Gasteiger partial charge in [-0.1, -0.05) is 12.7 Å². The summed E-state index contributed by atoms with van der Waals surface area (Å²) < 4.78 is 4.72. The van der Waals surface area contributed by atoms with Crippen LogP contribution in [0.15, 0.2) is 25.3 Å². The molecule has 0 aliphatic rings. The molecule has 0 aromatic heterocycles. The van der Waals surface area contributed by atoms with Crippen LogP contribution in [-0.2, 0) is 9.53 Å². The fourth-order valence-corrected chi connectivity index (χ4v) is 0.801. The standard InChI is InChI=1S/C9H13NO4/c1-4-6-10(9(12)13)7(3)14-8(11)5-2/h4-5,7H,1-2,6H2,3H3,(H,12,13). The number of carbonyl (C=O) groups is 2. The first-order valence-corrected chi connectivity index (χ1v) is 3.96. The van der Waals surface area contributed by atoms with Crippen molar-refractivity contribution in [2.45, 2.75) is 13.2 Å². The molecule has 78 valence electrons. The summed E-state index contributed by atoms with van der Waals surface area (Å²) in [5.74, 6) is -0.659. The van der Waals surface area contributed by atoms with Crippen molar-refractivity contribution in [1.82, 2.24) is 4.90 Å². The fourth-order valence-electron chi connectivity index (χ4n) is 0.801. The molecule has 0 aliphatic heterocycles. The Morgan fingerprint density at radius 1 is 1.57 bits per heavy atom. The lowest BCUT2D eigenvalue weighted by Crippen LogP contribution is -2.40. The highest BCUT2D eigenvalue weighted by atomic mass is 16.6. The zero-order valence-electron chi connectivity index (χ0n) is 7.97. The van der Waals surface area contributed by atoms with Gasteiger partial charge in [0.1, 0.15) is 0 Å². The fraction of sp³-hybridized carbons (Fsp3) is 0.333. The maximum Gasteiger partial charge on any atom is 0.410 e. The van der Waals surface area contributed by atoms with Crippen molar-refractivity contribution in [1.29, 1.82) is 0 Å². The Hall–Kier alpha value is -1.78. The average Bonchev–Trinajstić information content (AvgIpc) is 2.13. The predicted molar refractivity (Wildman–Crippen MR) is 50.7 cm³/mol. The van der Waals surface area contributed by atoms with E-state index >= 15 is 0 Å². The number of carbonyl (C=O) groups excluding carboxylic acids is 1. The Labute approximate surface area is 82.3 Å². The highest BCUT2D eigenvalue weighted by Gasteiger charge is 2.20. The molecule has 1 amide bonds. The van der Waals surface area contributed by atoms with Gasteiger partial charge >= 0.3 is 12.1 Å². The summed E-state index contributed by atoms with van der Waals surface area (Å²) in [6.45, 7) is 8.16. The van der Waals surface area contributed by atoms with Gasteiger partial charge in [-0.2, -0.15) is 0 Å². The third-order valence-electron chi connectivity index (χ3n) is 1.46. The number of nitrogens with zero attached hydrogens (tertiary/aromatic N) is 1. The predicted octanol–water partition coefficient (Wildman–Crippen LogP) is 1.23. The lowest BCUT2D eigenvalue weighted by atomic mass is 10.4. The van der Waals surface area contributed by atoms with Crippen LogP contribution in [0.4, 0.5) is 4.79 Å². The molecule has 5 heteroatoms. The van der Waals surface area contributed by atoms with E-state index in [4.69, 9.17) is 9.84 Å². The molecule has 0 fully saturated rings. The van der Waals surface area contributed by atoms with Crippen LogP contribution in [-0.4, -0.2) is 34.8 Å². The minimum atomic E-state index is -1.17. The topological polar surface area (TPSA) is 66.8 Å². The van der Waals surface area contributed by atoms with E-state index in [2.05, 4.69) is 13.2 Å². The molecule has 0 bridgehead atoms. The summed E-state index contributed by atoms with van der Waals surface area (Å²) in [4.78, 5) is 22.4. The molecule has 0 saturated heterocycles. The van der Waals surface area contributed by atoms with Crippen LogP contribution in [0.3, 0.4) is 0 Å². The maximum absolute atomic E-state index is 10.8. The molecule has 0 aliphatic carbocycles. The van der Waals surface area contributed by atoms with E-state index in [-0.39, 0.29) is 6.54 Å². The third-order valence-corrected chi connectivity index (χ3v) is 1.46. The van der Waals surface area contributed by atoms with Gasteiger partial charge in [0.2, 0.25) is 0 Å². The van der Waals surface area contributed by atoms with Crippen molar-refractivity contribution in [3.63, 3.8) is 0 Å². The Bertz CT molecular complexity index is 249. The van der Waals surface area contributed by atoms with Crippen LogP contribution in [0.1, 0.15) is 6.92 Å². The monoisotopic (exact) mass is 199 g/mol. The van der Waals surface area contributed by atoms with E-state index in [9.17, 15) is 9.59 Å². The van der Waals surface area contributed by atoms with Crippen molar-refractivity contribution < 1.29 is 19.4 Å². The highest BCUT2D eigenvalue weighted by Crippen LogP contribution is 2.02. The minimum absolute atomic E-state index is 0.0981. The molecular formula is C9H13NO4. The lowest BCUT2D eigenvalue weighted by Gasteiger charge is -2.24. The molecule has 0 heterocycles. The molecule has 1 unspecified atom stereocenters. The van der Waals surface area contributed by atoms with E-state index in [0.717, 1.165) is 11.0 Å². The van der Waals surface area contributed by atoms with Crippen molar-refractivity contribution >= 4 is 12.1 Å². The van der Waals surface area contributed by atoms with Crippen LogP contribution in [0.5, 0.6) is 0 Å². The van der Waals surface area contributed by atoms with Crippen molar-refractivity contribution in [2.75, 3.05) is 6.54 Å². The third kappa shape index (κ3) is 3.75. The molecule has 0 aromatic rings. The van der Waals surface area contributed by atoms with Crippen molar-refractivity contribution in [3.8, 4) is 0 Å². The Morgan fingerprint density at radius 3 is 2.50 bits per heavy atom. The molecule has 14 heavy (non-hydrogen) atoms. The summed E-state index contributed by atoms with van der Waals surface area (Å²) >= 11 is 0. The van der Waals surface area contributed by atoms with E-state index < -0.39 is 18.3 Å². The summed E-state index contributed by atoms with van der Waals surface area (Å²) in [6.07, 6.45) is 0.363. The second-order valence-corrected chi connectivity index (χ2v) is 2.46. The van der Waals surface area contributed by atoms with Gasteiger partial charge in [-0.25, -0.2) is 9.59 Å². The number of rotatable bonds is 5. The van der Waals surface area contributed by atoms with Crippen molar-refractivity contribution in [3.05, 3.63) is 25.3 Å². The Balaban J connectivity index is 4.34. The summed E-state index contributed by atoms with van der Waals surface area (Å²) in [7, 11) is 0. The maximum atomic E-state index is 10.8. The van der Waals surface area contributed by atoms with Crippen LogP contribution >= 0.6 is 0 Å². The number of ether oxygens (including phenoxy) is 1. The first kappa shape index (κ1) is 12.2. The summed E-state index contributed by atoms with van der Waals surface area (Å²) in [5, 5.41) is 8.72. The number of carboxylic acid groups (broad SMARTS) is 1. The molecular weight excluding hydrogens is 186 g/mol. The zero-order valence-corrected chi connectivity index (χ0v) is 7.97. The molecule has 0 rings (SSSR count). The quantitative estimate of drug-likeness (QED) is 0.313. The van der Waals surface area contributed by atoms with E-state index in [0.29, 0.717) is 0 Å². The molecule has 5 nitrogen and oxygen atoms in total. The average molecular weight is 199 g/mol. The molecule has 0 radical (unpaired) electrons. The minimum Gasteiger partial charge on any atom is -0.465 e. The first-order chi connectivity index (χ1) is 6.52. The Morgan fingerprint density at radius 2 is 2.14 bits per heavy atom. The van der Waals surface area contributed by atoms with E-state index in [1.165, 1.54) is 13.0 Å². The van der Waals surface area contributed by atoms with Gasteiger partial charge in [0.15, 0.2) is 6.23 Å². The van der Waals surface area contributed by atoms with Crippen LogP contribution in [0, 0.1) is 0 Å². The second-order valence-electron chi connectivity index (χ2n) is 2.46. The first-order valence-electron chi connectivity index (χ1n) is 3.96. The van der Waals surface area contributed by atoms with Gasteiger partial charge in [0, 0.05) is 12.6 Å². The van der Waals surface area contributed by atoms with Crippen molar-refractivity contribution in [2.24, 2.45) is 0 Å². The van der Waals surface area contributed by atoms with Gasteiger partial charge in [0.05, 0.1) is 0 Å². The van der Waals surface area contributed by atoms with Crippen LogP contribution < -0.4 is 0 Å². The Kier molecular flexibility index (Phi) is 5.06. The van der Waals surface area contributed by atoms with Gasteiger partial charge in [-0.15, -0.1) is 6.58 Å². The van der Waals surface area contributed by atoms with Gasteiger partial charge in [-0.05, 0) is 6.92 Å². The zero-order chi connectivity index (χ0) is 11.1. The smallest absolute Gasteiger partial charge is 0.410 e. The molecule has 0 aromatic carbocycles. The number of hydrogen-bond acceptors (Lipinski definition) is 3. The molecule has 0 spiro atoms. The van der Waals surface area contributed by atoms with Gasteiger partial charge < -0.3 is 9.84 Å². The molecule has 1 atom stereocenters. The second kappa shape index (κ2) is 5.80. The number of amides is 1. The summed E-state index contributed by atoms with van der Waals surface area (Å²) in [6, 6.07) is 0. The van der Waals surface area contributed by atoms with Crippen LogP contribution in [0.25, 0.3) is 0 Å².